The van der Waals surface area contributed by atoms with E-state index in [1.807, 2.05) is 4.72 Å². The minimum absolute atomic E-state index is 0.496. The molecule has 1 aromatic heterocycles. The molecule has 1 unspecified atom stereocenters. The van der Waals surface area contributed by atoms with E-state index in [0.717, 1.165) is 27.3 Å². The second kappa shape index (κ2) is 5.72. The van der Waals surface area contributed by atoms with E-state index in [1.165, 1.54) is 7.05 Å². The number of phenols is 1. The molecule has 0 saturated carbocycles. The predicted molar refractivity (Wildman–Crippen MR) is 78.9 cm³/mol. The van der Waals surface area contributed by atoms with E-state index in [1.54, 1.807) is 0 Å². The van der Waals surface area contributed by atoms with Gasteiger partial charge in [-0.05, 0) is 12.1 Å². The number of benzene rings is 1. The minimum atomic E-state index is -4.82. The van der Waals surface area contributed by atoms with Crippen molar-refractivity contribution < 1.29 is 31.7 Å². The summed E-state index contributed by atoms with van der Waals surface area (Å²) in [6.07, 6.45) is -3.85. The highest BCUT2D eigenvalue weighted by molar-refractivity contribution is 7.85. The van der Waals surface area contributed by atoms with Gasteiger partial charge in [0.15, 0.2) is 11.5 Å². The zero-order chi connectivity index (χ0) is 18.5. The Hall–Kier alpha value is -2.63. The third-order valence-electron chi connectivity index (χ3n) is 3.42. The lowest BCUT2D eigenvalue weighted by molar-refractivity contribution is -0.141. The molecule has 25 heavy (non-hydrogen) atoms. The Kier molecular flexibility index (Phi) is 3.94. The lowest BCUT2D eigenvalue weighted by Gasteiger charge is -2.18. The van der Waals surface area contributed by atoms with Crippen molar-refractivity contribution in [2.24, 2.45) is 7.05 Å². The van der Waals surface area contributed by atoms with Gasteiger partial charge in [-0.2, -0.15) is 18.3 Å². The van der Waals surface area contributed by atoms with Gasteiger partial charge < -0.3 is 5.11 Å². The number of rotatable bonds is 2. The molecule has 7 nitrogen and oxygen atoms in total. The van der Waals surface area contributed by atoms with E-state index in [4.69, 9.17) is 0 Å². The summed E-state index contributed by atoms with van der Waals surface area (Å²) in [6, 6.07) is 1.91. The van der Waals surface area contributed by atoms with Gasteiger partial charge in [-0.1, -0.05) is 0 Å². The van der Waals surface area contributed by atoms with Gasteiger partial charge in [0, 0.05) is 24.4 Å². The van der Waals surface area contributed by atoms with Crippen LogP contribution in [0.1, 0.15) is 5.69 Å². The van der Waals surface area contributed by atoms with Gasteiger partial charge >= 0.3 is 6.18 Å². The molecule has 12 heteroatoms. The first-order valence-corrected chi connectivity index (χ1v) is 7.82. The standard InChI is InChI=1S/C13H10F4N4O3S/c1-20-4-7(12(18-20)13(15,16)17)6-2-3-8(22)11(10(6)14)21-5-9(23)19-25(21)24/h2-4,22H,5H2,1H3,(H,19,23). The summed E-state index contributed by atoms with van der Waals surface area (Å²) in [6.45, 7) is -0.514. The number of phenolic OH excluding ortho intramolecular Hbond substituents is 1. The Labute approximate surface area is 140 Å². The van der Waals surface area contributed by atoms with Crippen LogP contribution in [0.2, 0.25) is 0 Å². The van der Waals surface area contributed by atoms with Crippen LogP contribution in [0.4, 0.5) is 23.2 Å². The van der Waals surface area contributed by atoms with Gasteiger partial charge in [0.2, 0.25) is 11.2 Å². The number of anilines is 1. The van der Waals surface area contributed by atoms with E-state index in [-0.39, 0.29) is 0 Å². The third kappa shape index (κ3) is 2.92. The summed E-state index contributed by atoms with van der Waals surface area (Å²) in [5.74, 6) is -2.59. The Bertz CT molecular complexity index is 896. The van der Waals surface area contributed by atoms with Crippen molar-refractivity contribution in [2.45, 2.75) is 6.18 Å². The number of alkyl halides is 3. The van der Waals surface area contributed by atoms with Crippen LogP contribution in [0, 0.1) is 5.82 Å². The number of carbonyl (C=O) groups is 1. The number of amides is 1. The maximum Gasteiger partial charge on any atom is 0.435 e. The van der Waals surface area contributed by atoms with Crippen LogP contribution in [0.5, 0.6) is 5.75 Å². The number of halogens is 4. The van der Waals surface area contributed by atoms with E-state index in [0.29, 0.717) is 0 Å². The molecule has 0 radical (unpaired) electrons. The highest BCUT2D eigenvalue weighted by Gasteiger charge is 2.39. The van der Waals surface area contributed by atoms with Gasteiger partial charge in [-0.15, -0.1) is 0 Å². The average molecular weight is 378 g/mol. The van der Waals surface area contributed by atoms with Gasteiger partial charge in [0.05, 0.1) is 0 Å². The number of nitrogens with zero attached hydrogens (tertiary/aromatic N) is 3. The lowest BCUT2D eigenvalue weighted by atomic mass is 10.0. The Balaban J connectivity index is 2.19. The van der Waals surface area contributed by atoms with E-state index >= 15 is 0 Å². The minimum Gasteiger partial charge on any atom is -0.506 e. The molecular weight excluding hydrogens is 368 g/mol. The number of carbonyl (C=O) groups excluding carboxylic acids is 1. The van der Waals surface area contributed by atoms with Crippen molar-refractivity contribution >= 4 is 22.8 Å². The molecule has 1 aliphatic rings. The number of hydrogen-bond acceptors (Lipinski definition) is 4. The molecule has 1 aromatic carbocycles. The fourth-order valence-electron chi connectivity index (χ4n) is 2.43. The Morgan fingerprint density at radius 1 is 1.32 bits per heavy atom. The molecule has 1 atom stereocenters. The number of aromatic hydroxyl groups is 1. The summed E-state index contributed by atoms with van der Waals surface area (Å²) in [7, 11) is 1.25. The topological polar surface area (TPSA) is 87.5 Å². The molecule has 1 aliphatic heterocycles. The van der Waals surface area contributed by atoms with Crippen LogP contribution in [0.15, 0.2) is 18.3 Å². The van der Waals surface area contributed by atoms with Crippen LogP contribution in [-0.2, 0) is 29.2 Å². The first-order chi connectivity index (χ1) is 11.6. The third-order valence-corrected chi connectivity index (χ3v) is 4.53. The monoisotopic (exact) mass is 378 g/mol. The van der Waals surface area contributed by atoms with Crippen molar-refractivity contribution in [1.29, 1.82) is 0 Å². The molecule has 0 bridgehead atoms. The highest BCUT2D eigenvalue weighted by Crippen LogP contribution is 2.42. The first kappa shape index (κ1) is 17.2. The van der Waals surface area contributed by atoms with Crippen LogP contribution in [-0.4, -0.2) is 31.5 Å². The number of aromatic nitrogens is 2. The zero-order valence-electron chi connectivity index (χ0n) is 12.5. The fraction of sp³-hybridized carbons (Fsp3) is 0.231. The number of nitrogens with one attached hydrogen (secondary N) is 1. The van der Waals surface area contributed by atoms with E-state index < -0.39 is 63.9 Å². The Morgan fingerprint density at radius 2 is 2.00 bits per heavy atom. The lowest BCUT2D eigenvalue weighted by Crippen LogP contribution is -2.23. The number of aryl methyl sites for hydroxylation is 1. The number of hydrogen-bond donors (Lipinski definition) is 2. The SMILES string of the molecule is Cn1cc(-c2ccc(O)c(N3CC(=O)NS3=O)c2F)c(C(F)(F)F)n1. The van der Waals surface area contributed by atoms with Crippen LogP contribution in [0.3, 0.4) is 0 Å². The van der Waals surface area contributed by atoms with Crippen molar-refractivity contribution in [3.63, 3.8) is 0 Å². The van der Waals surface area contributed by atoms with Gasteiger partial charge in [-0.3, -0.25) is 18.5 Å². The summed E-state index contributed by atoms with van der Waals surface area (Å²) in [5, 5.41) is 13.2. The summed E-state index contributed by atoms with van der Waals surface area (Å²) >= 11 is -2.15. The molecule has 3 rings (SSSR count). The van der Waals surface area contributed by atoms with Crippen molar-refractivity contribution in [3.8, 4) is 16.9 Å². The molecule has 1 amide bonds. The molecule has 0 spiro atoms. The second-order valence-electron chi connectivity index (χ2n) is 5.17. The van der Waals surface area contributed by atoms with Crippen LogP contribution < -0.4 is 9.03 Å². The largest absolute Gasteiger partial charge is 0.506 e. The van der Waals surface area contributed by atoms with Gasteiger partial charge in [0.1, 0.15) is 18.0 Å². The molecule has 0 aliphatic carbocycles. The smallest absolute Gasteiger partial charge is 0.435 e. The van der Waals surface area contributed by atoms with Crippen LogP contribution in [0.25, 0.3) is 11.1 Å². The summed E-state index contributed by atoms with van der Waals surface area (Å²) in [4.78, 5) is 11.3. The average Bonchev–Trinajstić information content (AvgIpc) is 3.02. The Morgan fingerprint density at radius 3 is 2.56 bits per heavy atom. The fourth-order valence-corrected chi connectivity index (χ4v) is 3.37. The van der Waals surface area contributed by atoms with Crippen LogP contribution >= 0.6 is 0 Å². The van der Waals surface area contributed by atoms with Gasteiger partial charge in [-0.25, -0.2) is 8.60 Å². The normalized spacial score (nSPS) is 17.9. The molecule has 1 fully saturated rings. The highest BCUT2D eigenvalue weighted by atomic mass is 32.2. The maximum absolute atomic E-state index is 14.9. The molecular formula is C13H10F4N4O3S. The van der Waals surface area contributed by atoms with Gasteiger partial charge in [0.25, 0.3) is 5.91 Å². The summed E-state index contributed by atoms with van der Waals surface area (Å²) < 4.78 is 69.6. The molecule has 2 heterocycles. The van der Waals surface area contributed by atoms with Crippen molar-refractivity contribution in [1.82, 2.24) is 14.5 Å². The van der Waals surface area contributed by atoms with E-state index in [9.17, 15) is 31.7 Å². The predicted octanol–water partition coefficient (Wildman–Crippen LogP) is 1.47. The quantitative estimate of drug-likeness (QED) is 0.775. The van der Waals surface area contributed by atoms with Crippen molar-refractivity contribution in [3.05, 3.63) is 29.8 Å². The molecule has 1 saturated heterocycles. The maximum atomic E-state index is 14.9. The first-order valence-electron chi connectivity index (χ1n) is 6.71. The van der Waals surface area contributed by atoms with Crippen molar-refractivity contribution in [2.75, 3.05) is 10.8 Å². The molecule has 134 valence electrons. The second-order valence-corrected chi connectivity index (χ2v) is 6.31. The van der Waals surface area contributed by atoms with E-state index in [2.05, 4.69) is 5.10 Å². The molecule has 2 aromatic rings. The molecule has 2 N–H and O–H groups in total. The summed E-state index contributed by atoms with van der Waals surface area (Å²) in [5.41, 5.74) is -2.98. The zero-order valence-corrected chi connectivity index (χ0v) is 13.3.